The van der Waals surface area contributed by atoms with Crippen molar-refractivity contribution in [3.05, 3.63) is 53.9 Å². The van der Waals surface area contributed by atoms with E-state index >= 15 is 0 Å². The van der Waals surface area contributed by atoms with Gasteiger partial charge in [0.25, 0.3) is 0 Å². The highest BCUT2D eigenvalue weighted by molar-refractivity contribution is 5.87. The van der Waals surface area contributed by atoms with Gasteiger partial charge in [-0.05, 0) is 43.2 Å². The van der Waals surface area contributed by atoms with E-state index < -0.39 is 24.4 Å². The van der Waals surface area contributed by atoms with Gasteiger partial charge < -0.3 is 23.7 Å². The minimum Gasteiger partial charge on any atom is -0.493 e. The van der Waals surface area contributed by atoms with E-state index in [-0.39, 0.29) is 11.0 Å². The van der Waals surface area contributed by atoms with Crippen LogP contribution in [-0.4, -0.2) is 34.0 Å². The van der Waals surface area contributed by atoms with Crippen molar-refractivity contribution in [2.24, 2.45) is 0 Å². The Labute approximate surface area is 192 Å². The number of ether oxygens (including phenoxy) is 2. The topological polar surface area (TPSA) is 86.7 Å². The van der Waals surface area contributed by atoms with Gasteiger partial charge in [-0.25, -0.2) is 4.79 Å². The lowest BCUT2D eigenvalue weighted by Gasteiger charge is -2.12. The van der Waals surface area contributed by atoms with Crippen LogP contribution in [0.1, 0.15) is 31.0 Å². The standard InChI is InChI=1S/C24H23F3N2O5/c1-2-5-16-20(9-8-17-22(16)34-28-23(17)24(25,26)27)32-13-4-11-29-12-10-15-18(29)6-3-7-19(15)33-14-21(30)31/h3,6-10,12H,2,4-5,11,13-14H2,1H3,(H,30,31). The molecule has 0 saturated heterocycles. The Bertz CT molecular complexity index is 1310. The number of nitrogens with zero attached hydrogens (tertiary/aromatic N) is 2. The van der Waals surface area contributed by atoms with Gasteiger partial charge in [0.15, 0.2) is 17.9 Å². The number of benzene rings is 2. The normalized spacial score (nSPS) is 11.9. The van der Waals surface area contributed by atoms with Gasteiger partial charge in [0, 0.05) is 23.7 Å². The Morgan fingerprint density at radius 3 is 2.68 bits per heavy atom. The number of rotatable bonds is 10. The summed E-state index contributed by atoms with van der Waals surface area (Å²) in [6, 6.07) is 10.2. The van der Waals surface area contributed by atoms with Gasteiger partial charge in [0.05, 0.1) is 17.5 Å². The van der Waals surface area contributed by atoms with Crippen LogP contribution in [0.4, 0.5) is 13.2 Å². The Morgan fingerprint density at radius 2 is 1.94 bits per heavy atom. The van der Waals surface area contributed by atoms with E-state index in [0.717, 1.165) is 10.9 Å². The van der Waals surface area contributed by atoms with Crippen LogP contribution in [0.3, 0.4) is 0 Å². The van der Waals surface area contributed by atoms with E-state index in [4.69, 9.17) is 19.1 Å². The molecular weight excluding hydrogens is 453 g/mol. The zero-order valence-corrected chi connectivity index (χ0v) is 18.4. The van der Waals surface area contributed by atoms with Crippen molar-refractivity contribution in [3.63, 3.8) is 0 Å². The predicted octanol–water partition coefficient (Wildman–Crippen LogP) is 5.69. The van der Waals surface area contributed by atoms with E-state index in [1.165, 1.54) is 12.1 Å². The number of carbonyl (C=O) groups is 1. The highest BCUT2D eigenvalue weighted by atomic mass is 19.4. The molecule has 0 amide bonds. The molecule has 0 aliphatic carbocycles. The maximum atomic E-state index is 13.2. The van der Waals surface area contributed by atoms with Crippen LogP contribution in [-0.2, 0) is 23.9 Å². The van der Waals surface area contributed by atoms with Crippen molar-refractivity contribution >= 4 is 27.8 Å². The van der Waals surface area contributed by atoms with Crippen molar-refractivity contribution < 1.29 is 37.1 Å². The largest absolute Gasteiger partial charge is 0.493 e. The molecule has 0 aliphatic heterocycles. The van der Waals surface area contributed by atoms with E-state index in [1.807, 2.05) is 29.8 Å². The second kappa shape index (κ2) is 9.66. The van der Waals surface area contributed by atoms with Gasteiger partial charge in [0.1, 0.15) is 11.5 Å². The lowest BCUT2D eigenvalue weighted by molar-refractivity contribution is -0.141. The maximum Gasteiger partial charge on any atom is 0.437 e. The number of aliphatic carboxylic acids is 1. The molecular formula is C24H23F3N2O5. The summed E-state index contributed by atoms with van der Waals surface area (Å²) in [6.07, 6.45) is -0.854. The zero-order chi connectivity index (χ0) is 24.3. The zero-order valence-electron chi connectivity index (χ0n) is 18.4. The Hall–Kier alpha value is -3.69. The summed E-state index contributed by atoms with van der Waals surface area (Å²) < 4.78 is 57.9. The fourth-order valence-electron chi connectivity index (χ4n) is 3.94. The van der Waals surface area contributed by atoms with Gasteiger partial charge in [-0.2, -0.15) is 13.2 Å². The minimum atomic E-state index is -4.59. The number of fused-ring (bicyclic) bond motifs is 2. The first-order valence-electron chi connectivity index (χ1n) is 10.8. The molecule has 7 nitrogen and oxygen atoms in total. The smallest absolute Gasteiger partial charge is 0.437 e. The molecule has 34 heavy (non-hydrogen) atoms. The number of halogens is 3. The van der Waals surface area contributed by atoms with E-state index in [9.17, 15) is 18.0 Å². The van der Waals surface area contributed by atoms with Crippen LogP contribution in [0.25, 0.3) is 21.9 Å². The average Bonchev–Trinajstić information content (AvgIpc) is 3.41. The molecule has 0 saturated carbocycles. The van der Waals surface area contributed by atoms with Gasteiger partial charge in [0.2, 0.25) is 0 Å². The molecule has 180 valence electrons. The van der Waals surface area contributed by atoms with E-state index in [0.29, 0.717) is 49.5 Å². The molecule has 0 unspecified atom stereocenters. The third kappa shape index (κ3) is 4.80. The van der Waals surface area contributed by atoms with E-state index in [2.05, 4.69) is 5.16 Å². The summed E-state index contributed by atoms with van der Waals surface area (Å²) >= 11 is 0. The monoisotopic (exact) mass is 476 g/mol. The van der Waals surface area contributed by atoms with Gasteiger partial charge in [-0.3, -0.25) is 0 Å². The average molecular weight is 476 g/mol. The molecule has 10 heteroatoms. The van der Waals surface area contributed by atoms with Crippen molar-refractivity contribution in [1.29, 1.82) is 0 Å². The van der Waals surface area contributed by atoms with Crippen LogP contribution < -0.4 is 9.47 Å². The SMILES string of the molecule is CCCc1c(OCCCn2ccc3c(OCC(=O)O)cccc32)ccc2c(C(F)(F)F)noc12. The Kier molecular flexibility index (Phi) is 6.67. The van der Waals surface area contributed by atoms with Crippen molar-refractivity contribution in [3.8, 4) is 11.5 Å². The van der Waals surface area contributed by atoms with Crippen molar-refractivity contribution in [1.82, 2.24) is 9.72 Å². The second-order valence-electron chi connectivity index (χ2n) is 7.78. The summed E-state index contributed by atoms with van der Waals surface area (Å²) in [5.41, 5.74) is 0.557. The molecule has 2 heterocycles. The highest BCUT2D eigenvalue weighted by Crippen LogP contribution is 2.38. The number of carboxylic acids is 1. The number of hydrogen-bond acceptors (Lipinski definition) is 5. The molecule has 4 aromatic rings. The number of alkyl halides is 3. The van der Waals surface area contributed by atoms with Crippen LogP contribution in [0.15, 0.2) is 47.1 Å². The van der Waals surface area contributed by atoms with Crippen LogP contribution in [0.2, 0.25) is 0 Å². The molecule has 0 atom stereocenters. The molecule has 0 radical (unpaired) electrons. The number of carboxylic acid groups (broad SMARTS) is 1. The molecule has 0 aliphatic rings. The third-order valence-corrected chi connectivity index (χ3v) is 5.40. The van der Waals surface area contributed by atoms with Crippen LogP contribution in [0.5, 0.6) is 11.5 Å². The Balaban J connectivity index is 1.45. The fourth-order valence-corrected chi connectivity index (χ4v) is 3.94. The predicted molar refractivity (Wildman–Crippen MR) is 118 cm³/mol. The van der Waals surface area contributed by atoms with Gasteiger partial charge >= 0.3 is 12.1 Å². The first-order valence-corrected chi connectivity index (χ1v) is 10.8. The van der Waals surface area contributed by atoms with Crippen LogP contribution >= 0.6 is 0 Å². The first-order chi connectivity index (χ1) is 16.3. The van der Waals surface area contributed by atoms with Crippen molar-refractivity contribution in [2.75, 3.05) is 13.2 Å². The molecule has 2 aromatic heterocycles. The molecule has 1 N–H and O–H groups in total. The summed E-state index contributed by atoms with van der Waals surface area (Å²) in [7, 11) is 0. The lowest BCUT2D eigenvalue weighted by atomic mass is 10.0. The first kappa shape index (κ1) is 23.5. The summed E-state index contributed by atoms with van der Waals surface area (Å²) in [5, 5.41) is 12.8. The number of hydrogen-bond donors (Lipinski definition) is 1. The number of aromatic nitrogens is 2. The van der Waals surface area contributed by atoms with E-state index in [1.54, 1.807) is 12.1 Å². The van der Waals surface area contributed by atoms with Gasteiger partial charge in [-0.1, -0.05) is 24.6 Å². The quantitative estimate of drug-likeness (QED) is 0.296. The summed E-state index contributed by atoms with van der Waals surface area (Å²) in [4.78, 5) is 10.8. The molecule has 4 rings (SSSR count). The molecule has 2 aromatic carbocycles. The van der Waals surface area contributed by atoms with Gasteiger partial charge in [-0.15, -0.1) is 0 Å². The number of aryl methyl sites for hydroxylation is 2. The highest BCUT2D eigenvalue weighted by Gasteiger charge is 2.37. The second-order valence-corrected chi connectivity index (χ2v) is 7.78. The van der Waals surface area contributed by atoms with Crippen molar-refractivity contribution in [2.45, 2.75) is 38.9 Å². The van der Waals surface area contributed by atoms with Crippen LogP contribution in [0, 0.1) is 0 Å². The molecule has 0 spiro atoms. The summed E-state index contributed by atoms with van der Waals surface area (Å²) in [6.45, 7) is 2.47. The third-order valence-electron chi connectivity index (χ3n) is 5.40. The molecule has 0 fully saturated rings. The fraction of sp³-hybridized carbons (Fsp3) is 0.333. The maximum absolute atomic E-state index is 13.2. The minimum absolute atomic E-state index is 0.0666. The Morgan fingerprint density at radius 1 is 1.12 bits per heavy atom. The summed E-state index contributed by atoms with van der Waals surface area (Å²) in [5.74, 6) is -0.0622. The molecule has 0 bridgehead atoms. The lowest BCUT2D eigenvalue weighted by Crippen LogP contribution is -2.09.